The molecule has 0 atom stereocenters. The van der Waals surface area contributed by atoms with E-state index in [4.69, 9.17) is 11.6 Å². The molecule has 1 nitrogen and oxygen atoms in total. The van der Waals surface area contributed by atoms with Gasteiger partial charge in [-0.05, 0) is 46.5 Å². The Bertz CT molecular complexity index is 832. The first-order valence-corrected chi connectivity index (χ1v) is 8.11. The molecule has 0 amide bonds. The number of halogens is 1. The van der Waals surface area contributed by atoms with Gasteiger partial charge in [0.2, 0.25) is 0 Å². The number of carbonyl (C=O) groups excluding carboxylic acids is 1. The topological polar surface area (TPSA) is 17.1 Å². The van der Waals surface area contributed by atoms with Crippen LogP contribution < -0.4 is 0 Å². The summed E-state index contributed by atoms with van der Waals surface area (Å²) in [4.78, 5) is 13.4. The molecule has 0 aliphatic carbocycles. The van der Waals surface area contributed by atoms with Crippen molar-refractivity contribution in [3.05, 3.63) is 88.8 Å². The van der Waals surface area contributed by atoms with E-state index in [9.17, 15) is 4.79 Å². The van der Waals surface area contributed by atoms with Crippen LogP contribution >= 0.6 is 23.4 Å². The van der Waals surface area contributed by atoms with E-state index in [2.05, 4.69) is 0 Å². The zero-order chi connectivity index (χ0) is 15.4. The minimum atomic E-state index is 0.0123. The van der Waals surface area contributed by atoms with Gasteiger partial charge in [0.15, 0.2) is 5.78 Å². The zero-order valence-corrected chi connectivity index (χ0v) is 13.3. The highest BCUT2D eigenvalue weighted by atomic mass is 35.5. The number of benzene rings is 3. The molecule has 0 heterocycles. The molecule has 3 heteroatoms. The Morgan fingerprint density at radius 3 is 2.45 bits per heavy atom. The van der Waals surface area contributed by atoms with E-state index in [1.165, 1.54) is 11.8 Å². The third kappa shape index (κ3) is 3.41. The number of hydrogen-bond donors (Lipinski definition) is 0. The van der Waals surface area contributed by atoms with E-state index in [0.29, 0.717) is 5.02 Å². The summed E-state index contributed by atoms with van der Waals surface area (Å²) < 4.78 is 0. The summed E-state index contributed by atoms with van der Waals surface area (Å²) in [6.07, 6.45) is 1.61. The number of carbonyl (C=O) groups is 1. The molecule has 0 unspecified atom stereocenters. The van der Waals surface area contributed by atoms with Crippen molar-refractivity contribution in [3.63, 3.8) is 0 Å². The third-order valence-electron chi connectivity index (χ3n) is 3.29. The van der Waals surface area contributed by atoms with Crippen molar-refractivity contribution in [2.24, 2.45) is 0 Å². The smallest absolute Gasteiger partial charge is 0.186 e. The van der Waals surface area contributed by atoms with E-state index in [1.807, 2.05) is 72.1 Å². The van der Waals surface area contributed by atoms with Crippen LogP contribution in [-0.2, 0) is 0 Å². The number of ketones is 1. The largest absolute Gasteiger partial charge is 0.289 e. The molecule has 0 saturated heterocycles. The van der Waals surface area contributed by atoms with E-state index in [1.54, 1.807) is 6.08 Å². The van der Waals surface area contributed by atoms with Crippen molar-refractivity contribution in [2.45, 2.75) is 4.90 Å². The first kappa shape index (κ1) is 14.9. The van der Waals surface area contributed by atoms with Crippen LogP contribution in [0.15, 0.2) is 83.1 Å². The van der Waals surface area contributed by atoms with Crippen LogP contribution in [-0.4, -0.2) is 5.78 Å². The molecule has 3 rings (SSSR count). The lowest BCUT2D eigenvalue weighted by Crippen LogP contribution is -1.95. The number of fused-ring (bicyclic) bond motifs is 1. The van der Waals surface area contributed by atoms with Gasteiger partial charge in [0.05, 0.1) is 0 Å². The number of allylic oxidation sites excluding steroid dienone is 1. The van der Waals surface area contributed by atoms with Crippen LogP contribution in [0.1, 0.15) is 10.4 Å². The summed E-state index contributed by atoms with van der Waals surface area (Å²) in [6.45, 7) is 0. The summed E-state index contributed by atoms with van der Waals surface area (Å²) >= 11 is 7.35. The Kier molecular flexibility index (Phi) is 4.62. The second-order valence-corrected chi connectivity index (χ2v) is 6.18. The van der Waals surface area contributed by atoms with E-state index in [-0.39, 0.29) is 5.78 Å². The predicted molar refractivity (Wildman–Crippen MR) is 94.7 cm³/mol. The van der Waals surface area contributed by atoms with Crippen LogP contribution in [0.3, 0.4) is 0 Å². The van der Waals surface area contributed by atoms with Crippen molar-refractivity contribution in [3.8, 4) is 0 Å². The van der Waals surface area contributed by atoms with Crippen molar-refractivity contribution < 1.29 is 4.79 Å². The SMILES string of the molecule is O=C(C=CSc1ccc(Cl)cc1)c1cccc2ccccc12. The van der Waals surface area contributed by atoms with Gasteiger partial charge in [-0.1, -0.05) is 65.8 Å². The Balaban J connectivity index is 1.78. The Labute approximate surface area is 138 Å². The summed E-state index contributed by atoms with van der Waals surface area (Å²) in [6, 6.07) is 21.2. The van der Waals surface area contributed by atoms with Crippen LogP contribution in [0.2, 0.25) is 5.02 Å². The number of hydrogen-bond acceptors (Lipinski definition) is 2. The van der Waals surface area contributed by atoms with Crippen molar-refractivity contribution in [2.75, 3.05) is 0 Å². The molecule has 108 valence electrons. The van der Waals surface area contributed by atoms with Crippen LogP contribution in [0.5, 0.6) is 0 Å². The molecule has 0 spiro atoms. The lowest BCUT2D eigenvalue weighted by Gasteiger charge is -2.02. The molecule has 0 aliphatic heterocycles. The second kappa shape index (κ2) is 6.82. The number of rotatable bonds is 4. The number of thioether (sulfide) groups is 1. The third-order valence-corrected chi connectivity index (χ3v) is 4.36. The van der Waals surface area contributed by atoms with Gasteiger partial charge in [0.1, 0.15) is 0 Å². The average Bonchev–Trinajstić information content (AvgIpc) is 2.56. The molecule has 3 aromatic carbocycles. The normalized spacial score (nSPS) is 11.1. The molecule has 0 fully saturated rings. The van der Waals surface area contributed by atoms with Gasteiger partial charge < -0.3 is 0 Å². The lowest BCUT2D eigenvalue weighted by molar-refractivity contribution is 0.104. The van der Waals surface area contributed by atoms with Gasteiger partial charge in [0.25, 0.3) is 0 Å². The molecular formula is C19H13ClOS. The highest BCUT2D eigenvalue weighted by Gasteiger charge is 2.06. The van der Waals surface area contributed by atoms with Crippen LogP contribution in [0.25, 0.3) is 10.8 Å². The van der Waals surface area contributed by atoms with Crippen molar-refractivity contribution in [1.82, 2.24) is 0 Å². The molecule has 0 aromatic heterocycles. The minimum absolute atomic E-state index is 0.0123. The van der Waals surface area contributed by atoms with Gasteiger partial charge >= 0.3 is 0 Å². The second-order valence-electron chi connectivity index (χ2n) is 4.77. The van der Waals surface area contributed by atoms with Gasteiger partial charge in [-0.2, -0.15) is 0 Å². The fourth-order valence-corrected chi connectivity index (χ4v) is 2.99. The molecule has 0 saturated carbocycles. The Hall–Kier alpha value is -2.03. The molecular weight excluding hydrogens is 312 g/mol. The maximum absolute atomic E-state index is 12.4. The van der Waals surface area contributed by atoms with Gasteiger partial charge in [-0.25, -0.2) is 0 Å². The first-order chi connectivity index (χ1) is 10.7. The zero-order valence-electron chi connectivity index (χ0n) is 11.7. The minimum Gasteiger partial charge on any atom is -0.289 e. The van der Waals surface area contributed by atoms with E-state index in [0.717, 1.165) is 21.2 Å². The van der Waals surface area contributed by atoms with Gasteiger partial charge in [0, 0.05) is 15.5 Å². The van der Waals surface area contributed by atoms with E-state index >= 15 is 0 Å². The van der Waals surface area contributed by atoms with Crippen LogP contribution in [0, 0.1) is 0 Å². The average molecular weight is 325 g/mol. The highest BCUT2D eigenvalue weighted by molar-refractivity contribution is 8.02. The van der Waals surface area contributed by atoms with Crippen molar-refractivity contribution >= 4 is 39.9 Å². The molecule has 22 heavy (non-hydrogen) atoms. The lowest BCUT2D eigenvalue weighted by atomic mass is 10.0. The van der Waals surface area contributed by atoms with Crippen LogP contribution in [0.4, 0.5) is 0 Å². The maximum atomic E-state index is 12.4. The van der Waals surface area contributed by atoms with E-state index < -0.39 is 0 Å². The predicted octanol–water partition coefficient (Wildman–Crippen LogP) is 5.98. The molecule has 0 aliphatic rings. The fraction of sp³-hybridized carbons (Fsp3) is 0. The monoisotopic (exact) mass is 324 g/mol. The summed E-state index contributed by atoms with van der Waals surface area (Å²) in [5.74, 6) is 0.0123. The summed E-state index contributed by atoms with van der Waals surface area (Å²) in [5.41, 5.74) is 0.728. The Morgan fingerprint density at radius 1 is 0.909 bits per heavy atom. The molecule has 3 aromatic rings. The Morgan fingerprint density at radius 2 is 1.64 bits per heavy atom. The highest BCUT2D eigenvalue weighted by Crippen LogP contribution is 2.23. The molecule has 0 N–H and O–H groups in total. The first-order valence-electron chi connectivity index (χ1n) is 6.85. The van der Waals surface area contributed by atoms with Gasteiger partial charge in [-0.3, -0.25) is 4.79 Å². The summed E-state index contributed by atoms with van der Waals surface area (Å²) in [5, 5.41) is 4.58. The van der Waals surface area contributed by atoms with Crippen molar-refractivity contribution in [1.29, 1.82) is 0 Å². The van der Waals surface area contributed by atoms with Gasteiger partial charge in [-0.15, -0.1) is 0 Å². The standard InChI is InChI=1S/C19H13ClOS/c20-15-8-10-16(11-9-15)22-13-12-19(21)18-7-3-5-14-4-1-2-6-17(14)18/h1-13H. The molecule has 0 radical (unpaired) electrons. The summed E-state index contributed by atoms with van der Waals surface area (Å²) in [7, 11) is 0. The molecule has 0 bridgehead atoms. The maximum Gasteiger partial charge on any atom is 0.186 e. The fourth-order valence-electron chi connectivity index (χ4n) is 2.22. The quantitative estimate of drug-likeness (QED) is 0.333.